The van der Waals surface area contributed by atoms with E-state index >= 15 is 0 Å². The summed E-state index contributed by atoms with van der Waals surface area (Å²) in [6, 6.07) is 25.1. The molecule has 0 N–H and O–H groups in total. The molecule has 0 aliphatic carbocycles. The van der Waals surface area contributed by atoms with Crippen LogP contribution >= 0.6 is 0 Å². The molecular weight excluding hydrogens is 420 g/mol. The molecule has 0 saturated carbocycles. The molecule has 4 rings (SSSR count). The van der Waals surface area contributed by atoms with E-state index in [1.165, 1.54) is 11.1 Å². The van der Waals surface area contributed by atoms with Crippen molar-refractivity contribution in [2.24, 2.45) is 0 Å². The number of fused-ring (bicyclic) bond motifs is 1. The standard InChI is InChI=1S/C30H36N2O2/c1-5-23-12-16-26(17-13-23)34-22-29-31-27-10-6-7-11-28(27)32(29)20-8-9-21-33-25-18-14-24(15-19-25)30(2,3)4/h6-7,10-19H,5,8-9,20-22H2,1-4H3. The van der Waals surface area contributed by atoms with Crippen LogP contribution in [0.25, 0.3) is 11.0 Å². The van der Waals surface area contributed by atoms with Gasteiger partial charge < -0.3 is 14.0 Å². The Labute approximate surface area is 203 Å². The van der Waals surface area contributed by atoms with Gasteiger partial charge in [0, 0.05) is 6.54 Å². The van der Waals surface area contributed by atoms with Gasteiger partial charge in [0.25, 0.3) is 0 Å². The molecule has 1 heterocycles. The third-order valence-corrected chi connectivity index (χ3v) is 6.20. The van der Waals surface area contributed by atoms with Crippen molar-refractivity contribution in [3.8, 4) is 11.5 Å². The third kappa shape index (κ3) is 5.99. The Balaban J connectivity index is 1.33. The topological polar surface area (TPSA) is 36.3 Å². The number of nitrogens with zero attached hydrogens (tertiary/aromatic N) is 2. The highest BCUT2D eigenvalue weighted by atomic mass is 16.5. The number of hydrogen-bond donors (Lipinski definition) is 0. The molecule has 0 bridgehead atoms. The largest absolute Gasteiger partial charge is 0.494 e. The molecular formula is C30H36N2O2. The number of rotatable bonds is 10. The highest BCUT2D eigenvalue weighted by molar-refractivity contribution is 5.75. The van der Waals surface area contributed by atoms with Crippen LogP contribution in [0.2, 0.25) is 0 Å². The minimum Gasteiger partial charge on any atom is -0.494 e. The zero-order valence-corrected chi connectivity index (χ0v) is 20.9. The molecule has 0 aliphatic heterocycles. The summed E-state index contributed by atoms with van der Waals surface area (Å²) in [5, 5.41) is 0. The van der Waals surface area contributed by atoms with Crippen LogP contribution in [0.1, 0.15) is 57.5 Å². The molecule has 0 fully saturated rings. The predicted molar refractivity (Wildman–Crippen MR) is 140 cm³/mol. The number of imidazole rings is 1. The normalized spacial score (nSPS) is 11.6. The summed E-state index contributed by atoms with van der Waals surface area (Å²) < 4.78 is 14.3. The zero-order chi connectivity index (χ0) is 24.0. The lowest BCUT2D eigenvalue weighted by molar-refractivity contribution is 0.285. The lowest BCUT2D eigenvalue weighted by Crippen LogP contribution is -2.10. The van der Waals surface area contributed by atoms with Crippen LogP contribution in [0.5, 0.6) is 11.5 Å². The van der Waals surface area contributed by atoms with E-state index in [-0.39, 0.29) is 5.41 Å². The monoisotopic (exact) mass is 456 g/mol. The van der Waals surface area contributed by atoms with Gasteiger partial charge in [-0.25, -0.2) is 4.98 Å². The first-order valence-corrected chi connectivity index (χ1v) is 12.3. The molecule has 3 aromatic carbocycles. The quantitative estimate of drug-likeness (QED) is 0.234. The van der Waals surface area contributed by atoms with Gasteiger partial charge in [-0.1, -0.05) is 64.1 Å². The molecule has 0 saturated heterocycles. The van der Waals surface area contributed by atoms with Gasteiger partial charge >= 0.3 is 0 Å². The smallest absolute Gasteiger partial charge is 0.147 e. The van der Waals surface area contributed by atoms with Crippen molar-refractivity contribution >= 4 is 11.0 Å². The van der Waals surface area contributed by atoms with Crippen molar-refractivity contribution in [2.45, 2.75) is 65.5 Å². The first-order chi connectivity index (χ1) is 16.4. The van der Waals surface area contributed by atoms with Crippen LogP contribution < -0.4 is 9.47 Å². The van der Waals surface area contributed by atoms with Gasteiger partial charge in [0.2, 0.25) is 0 Å². The predicted octanol–water partition coefficient (Wildman–Crippen LogP) is 7.33. The van der Waals surface area contributed by atoms with Gasteiger partial charge in [-0.3, -0.25) is 0 Å². The Hall–Kier alpha value is -3.27. The minimum absolute atomic E-state index is 0.159. The SMILES string of the molecule is CCc1ccc(OCc2nc3ccccc3n2CCCCOc2ccc(C(C)(C)C)cc2)cc1. The maximum absolute atomic E-state index is 6.07. The second-order valence-electron chi connectivity index (χ2n) is 9.78. The first-order valence-electron chi connectivity index (χ1n) is 12.3. The molecule has 0 unspecified atom stereocenters. The molecule has 4 heteroatoms. The second-order valence-corrected chi connectivity index (χ2v) is 9.78. The summed E-state index contributed by atoms with van der Waals surface area (Å²) in [6.45, 7) is 10.9. The van der Waals surface area contributed by atoms with Crippen molar-refractivity contribution in [3.63, 3.8) is 0 Å². The van der Waals surface area contributed by atoms with E-state index in [1.54, 1.807) is 0 Å². The highest BCUT2D eigenvalue weighted by Gasteiger charge is 2.13. The first kappa shape index (κ1) is 23.9. The van der Waals surface area contributed by atoms with Gasteiger partial charge in [0.15, 0.2) is 0 Å². The molecule has 34 heavy (non-hydrogen) atoms. The van der Waals surface area contributed by atoms with Crippen molar-refractivity contribution < 1.29 is 9.47 Å². The molecule has 1 aromatic heterocycles. The number of benzene rings is 3. The van der Waals surface area contributed by atoms with Crippen LogP contribution in [0, 0.1) is 0 Å². The Morgan fingerprint density at radius 2 is 1.47 bits per heavy atom. The zero-order valence-electron chi connectivity index (χ0n) is 20.9. The van der Waals surface area contributed by atoms with Crippen LogP contribution in [0.3, 0.4) is 0 Å². The maximum Gasteiger partial charge on any atom is 0.147 e. The highest BCUT2D eigenvalue weighted by Crippen LogP contribution is 2.24. The Kier molecular flexibility index (Phi) is 7.56. The average Bonchev–Trinajstić information content (AvgIpc) is 3.20. The van der Waals surface area contributed by atoms with Gasteiger partial charge in [0.05, 0.1) is 17.6 Å². The third-order valence-electron chi connectivity index (χ3n) is 6.20. The minimum atomic E-state index is 0.159. The molecule has 4 aromatic rings. The molecule has 0 aliphatic rings. The van der Waals surface area contributed by atoms with Gasteiger partial charge in [0.1, 0.15) is 23.9 Å². The molecule has 0 radical (unpaired) electrons. The van der Waals surface area contributed by atoms with Crippen LogP contribution in [-0.4, -0.2) is 16.2 Å². The van der Waals surface area contributed by atoms with E-state index in [1.807, 2.05) is 18.2 Å². The van der Waals surface area contributed by atoms with Gasteiger partial charge in [-0.05, 0) is 72.2 Å². The molecule has 0 atom stereocenters. The van der Waals surface area contributed by atoms with E-state index in [2.05, 4.69) is 86.9 Å². The van der Waals surface area contributed by atoms with Crippen LogP contribution in [-0.2, 0) is 25.0 Å². The summed E-state index contributed by atoms with van der Waals surface area (Å²) in [5.41, 5.74) is 4.96. The molecule has 0 spiro atoms. The second kappa shape index (κ2) is 10.8. The van der Waals surface area contributed by atoms with Gasteiger partial charge in [-0.15, -0.1) is 0 Å². The summed E-state index contributed by atoms with van der Waals surface area (Å²) in [6.07, 6.45) is 3.02. The fourth-order valence-corrected chi connectivity index (χ4v) is 4.07. The number of aromatic nitrogens is 2. The summed E-state index contributed by atoms with van der Waals surface area (Å²) in [5.74, 6) is 2.77. The molecule has 0 amide bonds. The van der Waals surface area contributed by atoms with Crippen molar-refractivity contribution in [3.05, 3.63) is 89.7 Å². The van der Waals surface area contributed by atoms with Crippen molar-refractivity contribution in [1.82, 2.24) is 9.55 Å². The number of aryl methyl sites for hydroxylation is 2. The maximum atomic E-state index is 6.07. The number of ether oxygens (including phenoxy) is 2. The number of hydrogen-bond acceptors (Lipinski definition) is 3. The van der Waals surface area contributed by atoms with Crippen molar-refractivity contribution in [1.29, 1.82) is 0 Å². The average molecular weight is 457 g/mol. The lowest BCUT2D eigenvalue weighted by Gasteiger charge is -2.19. The van der Waals surface area contributed by atoms with Gasteiger partial charge in [-0.2, -0.15) is 0 Å². The van der Waals surface area contributed by atoms with Crippen LogP contribution in [0.4, 0.5) is 0 Å². The molecule has 178 valence electrons. The van der Waals surface area contributed by atoms with E-state index in [0.29, 0.717) is 13.2 Å². The molecule has 4 nitrogen and oxygen atoms in total. The lowest BCUT2D eigenvalue weighted by atomic mass is 9.87. The number of para-hydroxylation sites is 2. The van der Waals surface area contributed by atoms with Crippen molar-refractivity contribution in [2.75, 3.05) is 6.61 Å². The van der Waals surface area contributed by atoms with E-state index < -0.39 is 0 Å². The summed E-state index contributed by atoms with van der Waals surface area (Å²) in [7, 11) is 0. The summed E-state index contributed by atoms with van der Waals surface area (Å²) >= 11 is 0. The fourth-order valence-electron chi connectivity index (χ4n) is 4.07. The number of unbranched alkanes of at least 4 members (excludes halogenated alkanes) is 1. The van der Waals surface area contributed by atoms with E-state index in [4.69, 9.17) is 14.5 Å². The van der Waals surface area contributed by atoms with Crippen LogP contribution in [0.15, 0.2) is 72.8 Å². The Morgan fingerprint density at radius 1 is 0.794 bits per heavy atom. The summed E-state index contributed by atoms with van der Waals surface area (Å²) in [4.78, 5) is 4.84. The fraction of sp³-hybridized carbons (Fsp3) is 0.367. The Bertz CT molecular complexity index is 1190. The van der Waals surface area contributed by atoms with E-state index in [0.717, 1.165) is 54.2 Å². The Morgan fingerprint density at radius 3 is 2.18 bits per heavy atom. The van der Waals surface area contributed by atoms with E-state index in [9.17, 15) is 0 Å².